The summed E-state index contributed by atoms with van der Waals surface area (Å²) in [4.78, 5) is 40.4. The number of nitrogens with one attached hydrogen (secondary N) is 1. The van der Waals surface area contributed by atoms with Gasteiger partial charge in [0.2, 0.25) is 5.43 Å². The zero-order valence-electron chi connectivity index (χ0n) is 18.7. The lowest BCUT2D eigenvalue weighted by Crippen LogP contribution is -2.64. The van der Waals surface area contributed by atoms with E-state index in [0.29, 0.717) is 18.6 Å². The fraction of sp³-hybridized carbons (Fsp3) is 0.348. The van der Waals surface area contributed by atoms with Gasteiger partial charge in [-0.1, -0.05) is 19.1 Å². The normalized spacial score (nSPS) is 21.4. The van der Waals surface area contributed by atoms with Gasteiger partial charge in [-0.3, -0.25) is 24.1 Å². The molecule has 0 saturated heterocycles. The minimum absolute atomic E-state index is 0.260. The Morgan fingerprint density at radius 3 is 2.32 bits per heavy atom. The Morgan fingerprint density at radius 2 is 1.71 bits per heavy atom. The van der Waals surface area contributed by atoms with Crippen molar-refractivity contribution < 1.29 is 27.9 Å². The van der Waals surface area contributed by atoms with Gasteiger partial charge in [0, 0.05) is 36.5 Å². The van der Waals surface area contributed by atoms with Crippen LogP contribution in [0.25, 0.3) is 0 Å². The molecule has 180 valence electrons. The van der Waals surface area contributed by atoms with Gasteiger partial charge in [-0.25, -0.2) is 13.2 Å². The van der Waals surface area contributed by atoms with Crippen LogP contribution in [-0.2, 0) is 6.54 Å². The Bertz CT molecular complexity index is 1250. The summed E-state index contributed by atoms with van der Waals surface area (Å²) in [5, 5.41) is 14.6. The molecule has 4 rings (SSSR count). The number of carbonyl (C=O) groups excluding carboxylic acids is 2. The van der Waals surface area contributed by atoms with Crippen molar-refractivity contribution in [1.29, 1.82) is 0 Å². The Kier molecular flexibility index (Phi) is 5.88. The highest BCUT2D eigenvalue weighted by Crippen LogP contribution is 2.31. The molecule has 3 heterocycles. The number of carbonyl (C=O) groups is 2. The van der Waals surface area contributed by atoms with E-state index in [4.69, 9.17) is 0 Å². The topological polar surface area (TPSA) is 94.9 Å². The van der Waals surface area contributed by atoms with Crippen LogP contribution in [0.2, 0.25) is 0 Å². The summed E-state index contributed by atoms with van der Waals surface area (Å²) < 4.78 is 42.3. The van der Waals surface area contributed by atoms with Gasteiger partial charge in [0.15, 0.2) is 11.4 Å². The first-order chi connectivity index (χ1) is 16.1. The monoisotopic (exact) mass is 476 g/mol. The van der Waals surface area contributed by atoms with Crippen molar-refractivity contribution in [2.75, 3.05) is 5.01 Å². The Labute approximate surface area is 192 Å². The van der Waals surface area contributed by atoms with E-state index in [1.165, 1.54) is 4.68 Å². The number of benzene rings is 1. The molecule has 0 radical (unpaired) electrons. The summed E-state index contributed by atoms with van der Waals surface area (Å²) >= 11 is 0. The first kappa shape index (κ1) is 23.4. The number of hydrogen-bond donors (Lipinski definition) is 2. The van der Waals surface area contributed by atoms with Crippen LogP contribution in [-0.4, -0.2) is 44.7 Å². The van der Waals surface area contributed by atoms with Crippen LogP contribution < -0.4 is 15.8 Å². The van der Waals surface area contributed by atoms with Crippen LogP contribution >= 0.6 is 0 Å². The van der Waals surface area contributed by atoms with E-state index in [-0.39, 0.29) is 17.8 Å². The molecule has 11 heteroatoms. The van der Waals surface area contributed by atoms with Gasteiger partial charge in [0.05, 0.1) is 6.04 Å². The quantitative estimate of drug-likeness (QED) is 0.661. The van der Waals surface area contributed by atoms with Crippen molar-refractivity contribution in [2.45, 2.75) is 52.0 Å². The zero-order chi connectivity index (χ0) is 24.9. The summed E-state index contributed by atoms with van der Waals surface area (Å²) in [6.07, 6.45) is 4.98. The molecule has 0 spiro atoms. The van der Waals surface area contributed by atoms with Crippen molar-refractivity contribution in [3.8, 4) is 5.75 Å². The molecule has 2 aliphatic rings. The number of halogens is 3. The minimum atomic E-state index is -1.20. The first-order valence-electron chi connectivity index (χ1n) is 10.8. The molecule has 1 aromatic heterocycles. The van der Waals surface area contributed by atoms with E-state index in [2.05, 4.69) is 5.32 Å². The third-order valence-corrected chi connectivity index (χ3v) is 6.14. The molecule has 34 heavy (non-hydrogen) atoms. The lowest BCUT2D eigenvalue weighted by atomic mass is 10.1. The second-order valence-electron chi connectivity index (χ2n) is 8.29. The van der Waals surface area contributed by atoms with E-state index in [1.807, 2.05) is 32.9 Å². The third kappa shape index (κ3) is 3.61. The molecule has 0 aliphatic carbocycles. The van der Waals surface area contributed by atoms with Crippen molar-refractivity contribution in [3.05, 3.63) is 75.0 Å². The number of amides is 2. The van der Waals surface area contributed by atoms with Crippen LogP contribution in [0.1, 0.15) is 53.6 Å². The van der Waals surface area contributed by atoms with Gasteiger partial charge >= 0.3 is 0 Å². The number of aromatic nitrogens is 1. The average molecular weight is 476 g/mol. The predicted octanol–water partition coefficient (Wildman–Crippen LogP) is 2.38. The Balaban J connectivity index is 1.76. The molecule has 3 atom stereocenters. The second kappa shape index (κ2) is 8.54. The molecule has 2 aromatic rings. The number of nitrogens with zero attached hydrogens (tertiary/aromatic N) is 3. The van der Waals surface area contributed by atoms with E-state index in [1.54, 1.807) is 9.91 Å². The van der Waals surface area contributed by atoms with Gasteiger partial charge in [-0.05, 0) is 20.3 Å². The van der Waals surface area contributed by atoms with Crippen molar-refractivity contribution in [2.24, 2.45) is 0 Å². The smallest absolute Gasteiger partial charge is 0.278 e. The highest BCUT2D eigenvalue weighted by molar-refractivity contribution is 5.99. The first-order valence-corrected chi connectivity index (χ1v) is 10.8. The van der Waals surface area contributed by atoms with Crippen molar-refractivity contribution >= 4 is 11.8 Å². The van der Waals surface area contributed by atoms with E-state index in [9.17, 15) is 32.7 Å². The molecule has 1 unspecified atom stereocenters. The average Bonchev–Trinajstić information content (AvgIpc) is 2.87. The van der Waals surface area contributed by atoms with Crippen LogP contribution in [0.4, 0.5) is 13.2 Å². The van der Waals surface area contributed by atoms with Crippen LogP contribution in [0.3, 0.4) is 0 Å². The van der Waals surface area contributed by atoms with Gasteiger partial charge in [0.25, 0.3) is 11.8 Å². The summed E-state index contributed by atoms with van der Waals surface area (Å²) in [5.41, 5.74) is -2.48. The largest absolute Gasteiger partial charge is 0.502 e. The fourth-order valence-corrected chi connectivity index (χ4v) is 4.48. The Hall–Kier alpha value is -3.76. The number of fused-ring (bicyclic) bond motifs is 4. The van der Waals surface area contributed by atoms with Crippen molar-refractivity contribution in [3.63, 3.8) is 0 Å². The summed E-state index contributed by atoms with van der Waals surface area (Å²) in [7, 11) is 0. The summed E-state index contributed by atoms with van der Waals surface area (Å²) in [5.74, 6) is -5.98. The highest BCUT2D eigenvalue weighted by Gasteiger charge is 2.43. The summed E-state index contributed by atoms with van der Waals surface area (Å²) in [6, 6.07) is 0.393. The van der Waals surface area contributed by atoms with Gasteiger partial charge in [0.1, 0.15) is 29.2 Å². The maximum absolute atomic E-state index is 13.9. The van der Waals surface area contributed by atoms with Crippen LogP contribution in [0, 0.1) is 17.5 Å². The molecule has 0 saturated carbocycles. The fourth-order valence-electron chi connectivity index (χ4n) is 4.48. The molecule has 2 aliphatic heterocycles. The van der Waals surface area contributed by atoms with E-state index < -0.39 is 64.3 Å². The van der Waals surface area contributed by atoms with E-state index in [0.717, 1.165) is 6.20 Å². The third-order valence-electron chi connectivity index (χ3n) is 6.14. The maximum atomic E-state index is 13.9. The maximum Gasteiger partial charge on any atom is 0.278 e. The molecule has 8 nitrogen and oxygen atoms in total. The molecular formula is C23H23F3N4O4. The number of pyridine rings is 1. The highest BCUT2D eigenvalue weighted by atomic mass is 19.1. The molecule has 2 bridgehead atoms. The van der Waals surface area contributed by atoms with Gasteiger partial charge < -0.3 is 15.3 Å². The molecule has 2 amide bonds. The molecule has 1 aromatic carbocycles. The SMILES string of the molecule is CCC1N2C(=O)c3c(O)c(=O)c(C(=O)NCc4c(F)cc(F)cc4F)cn3N1[C@H](C)C=C[C@@H]2C. The predicted molar refractivity (Wildman–Crippen MR) is 116 cm³/mol. The van der Waals surface area contributed by atoms with Gasteiger partial charge in [-0.15, -0.1) is 0 Å². The number of aromatic hydroxyl groups is 1. The lowest BCUT2D eigenvalue weighted by Gasteiger charge is -2.48. The second-order valence-corrected chi connectivity index (χ2v) is 8.29. The molecule has 0 fully saturated rings. The number of hydrogen-bond acceptors (Lipinski definition) is 5. The van der Waals surface area contributed by atoms with Crippen LogP contribution in [0.15, 0.2) is 35.3 Å². The van der Waals surface area contributed by atoms with Gasteiger partial charge in [-0.2, -0.15) is 0 Å². The summed E-state index contributed by atoms with van der Waals surface area (Å²) in [6.45, 7) is 4.91. The minimum Gasteiger partial charge on any atom is -0.502 e. The van der Waals surface area contributed by atoms with E-state index >= 15 is 0 Å². The lowest BCUT2D eigenvalue weighted by molar-refractivity contribution is 0.0507. The van der Waals surface area contributed by atoms with Crippen LogP contribution in [0.5, 0.6) is 5.75 Å². The molecule has 2 N–H and O–H groups in total. The number of rotatable bonds is 4. The standard InChI is InChI=1S/C23H23F3N4O4/c1-4-18-29-11(2)5-6-12(3)30(18)28-10-15(20(31)21(32)19(28)23(29)34)22(33)27-9-14-16(25)7-13(24)8-17(14)26/h5-8,10-12,18,32H,4,9H2,1-3H3,(H,27,33)/t11-,12+,18?/m0/s1. The molecular weight excluding hydrogens is 453 g/mol. The Morgan fingerprint density at radius 1 is 1.09 bits per heavy atom. The zero-order valence-corrected chi connectivity index (χ0v) is 18.7. The van der Waals surface area contributed by atoms with Crippen molar-refractivity contribution in [1.82, 2.24) is 14.9 Å².